The fraction of sp³-hybridized carbons (Fsp3) is 0.263. The zero-order valence-corrected chi connectivity index (χ0v) is 16.7. The summed E-state index contributed by atoms with van der Waals surface area (Å²) in [5.74, 6) is 0.417. The van der Waals surface area contributed by atoms with Crippen LogP contribution in [0.2, 0.25) is 0 Å². The predicted molar refractivity (Wildman–Crippen MR) is 106 cm³/mol. The van der Waals surface area contributed by atoms with E-state index in [-0.39, 0.29) is 6.42 Å². The van der Waals surface area contributed by atoms with Crippen molar-refractivity contribution in [1.82, 2.24) is 25.7 Å². The number of aryl methyl sites for hydroxylation is 1. The third-order valence-electron chi connectivity index (χ3n) is 4.17. The van der Waals surface area contributed by atoms with Gasteiger partial charge in [0.25, 0.3) is 0 Å². The number of benzene rings is 2. The Morgan fingerprint density at radius 1 is 1.21 bits per heavy atom. The van der Waals surface area contributed by atoms with Crippen LogP contribution < -0.4 is 5.48 Å². The molecule has 2 aromatic carbocycles. The topological polar surface area (TPSA) is 126 Å². The highest BCUT2D eigenvalue weighted by molar-refractivity contribution is 7.51. The van der Waals surface area contributed by atoms with Crippen LogP contribution in [0.15, 0.2) is 54.6 Å². The van der Waals surface area contributed by atoms with Crippen molar-refractivity contribution < 1.29 is 14.1 Å². The van der Waals surface area contributed by atoms with E-state index in [0.717, 1.165) is 23.4 Å². The molecule has 29 heavy (non-hydrogen) atoms. The summed E-state index contributed by atoms with van der Waals surface area (Å²) in [6, 6.07) is 19.5. The van der Waals surface area contributed by atoms with Crippen molar-refractivity contribution in [2.45, 2.75) is 25.4 Å². The lowest BCUT2D eigenvalue weighted by atomic mass is 10.0. The highest BCUT2D eigenvalue weighted by Gasteiger charge is 2.23. The second-order valence-electron chi connectivity index (χ2n) is 6.50. The number of hydrogen-bond acceptors (Lipinski definition) is 7. The van der Waals surface area contributed by atoms with Gasteiger partial charge in [0, 0.05) is 6.66 Å². The molecule has 0 saturated carbocycles. The molecule has 10 heteroatoms. The van der Waals surface area contributed by atoms with Crippen molar-refractivity contribution in [3.63, 3.8) is 0 Å². The molecule has 2 atom stereocenters. The molecule has 9 nitrogen and oxygen atoms in total. The maximum absolute atomic E-state index is 11.6. The molecule has 0 aliphatic carbocycles. The molecule has 1 heterocycles. The molecule has 0 saturated heterocycles. The Kier molecular flexibility index (Phi) is 6.86. The van der Waals surface area contributed by atoms with Crippen molar-refractivity contribution in [2.75, 3.05) is 6.66 Å². The number of hydrogen-bond donors (Lipinski definition) is 2. The SMILES string of the molecule is CP(=O)(O)ON[C@@H](Cc1ccc(-c2ccccc2)cc1)c1nnnn1CCC#N. The molecule has 0 aliphatic rings. The smallest absolute Gasteiger partial charge is 0.324 e. The average Bonchev–Trinajstić information content (AvgIpc) is 3.18. The number of rotatable bonds is 9. The van der Waals surface area contributed by atoms with E-state index in [9.17, 15) is 9.46 Å². The van der Waals surface area contributed by atoms with Gasteiger partial charge in [0.1, 0.15) is 0 Å². The zero-order chi connectivity index (χ0) is 20.7. The van der Waals surface area contributed by atoms with E-state index in [1.165, 1.54) is 4.68 Å². The number of nitriles is 1. The molecule has 0 spiro atoms. The predicted octanol–water partition coefficient (Wildman–Crippen LogP) is 2.87. The van der Waals surface area contributed by atoms with Crippen molar-refractivity contribution in [2.24, 2.45) is 0 Å². The maximum Gasteiger partial charge on any atom is 0.341 e. The first-order chi connectivity index (χ1) is 14.0. The van der Waals surface area contributed by atoms with E-state index in [1.54, 1.807) is 0 Å². The van der Waals surface area contributed by atoms with Crippen molar-refractivity contribution in [3.05, 3.63) is 66.0 Å². The molecule has 3 rings (SSSR count). The lowest BCUT2D eigenvalue weighted by Gasteiger charge is -2.19. The molecule has 0 radical (unpaired) electrons. The first-order valence-electron chi connectivity index (χ1n) is 8.98. The van der Waals surface area contributed by atoms with Crippen LogP contribution in [0.25, 0.3) is 11.1 Å². The minimum Gasteiger partial charge on any atom is -0.324 e. The van der Waals surface area contributed by atoms with Crippen molar-refractivity contribution in [1.29, 1.82) is 5.26 Å². The quantitative estimate of drug-likeness (QED) is 0.406. The summed E-state index contributed by atoms with van der Waals surface area (Å²) < 4.78 is 18.0. The first kappa shape index (κ1) is 20.8. The zero-order valence-electron chi connectivity index (χ0n) is 15.8. The van der Waals surface area contributed by atoms with Gasteiger partial charge in [0.05, 0.1) is 25.1 Å². The van der Waals surface area contributed by atoms with Gasteiger partial charge in [-0.3, -0.25) is 4.57 Å². The van der Waals surface area contributed by atoms with Gasteiger partial charge in [0.2, 0.25) is 0 Å². The van der Waals surface area contributed by atoms with E-state index >= 15 is 0 Å². The molecular formula is C19H21N6O3P. The molecule has 0 aliphatic heterocycles. The van der Waals surface area contributed by atoms with Crippen LogP contribution >= 0.6 is 7.60 Å². The molecule has 1 aromatic heterocycles. The summed E-state index contributed by atoms with van der Waals surface area (Å²) in [6.07, 6.45) is 0.658. The fourth-order valence-electron chi connectivity index (χ4n) is 2.82. The number of tetrazole rings is 1. The molecule has 1 unspecified atom stereocenters. The Bertz CT molecular complexity index is 1010. The van der Waals surface area contributed by atoms with Crippen LogP contribution in [0.5, 0.6) is 0 Å². The molecule has 0 fully saturated rings. The molecule has 3 aromatic rings. The summed E-state index contributed by atoms with van der Waals surface area (Å²) in [5, 5.41) is 20.4. The fourth-order valence-corrected chi connectivity index (χ4v) is 3.15. The lowest BCUT2D eigenvalue weighted by molar-refractivity contribution is 0.129. The third-order valence-corrected chi connectivity index (χ3v) is 4.62. The standard InChI is InChI=1S/C19H21N6O3P/c1-29(26,27)28-22-18(19-21-23-24-25(19)13-5-12-20)14-15-8-10-17(11-9-15)16-6-3-2-4-7-16/h2-4,6-11,18,22H,5,13-14H2,1H3,(H,26,27)/t18-/m0/s1. The van der Waals surface area contributed by atoms with E-state index in [2.05, 4.69) is 21.0 Å². The maximum atomic E-state index is 11.6. The van der Waals surface area contributed by atoms with Gasteiger partial charge >= 0.3 is 7.60 Å². The van der Waals surface area contributed by atoms with Crippen LogP contribution in [0, 0.1) is 11.3 Å². The van der Waals surface area contributed by atoms with E-state index in [0.29, 0.717) is 18.8 Å². The largest absolute Gasteiger partial charge is 0.341 e. The molecule has 0 bridgehead atoms. The van der Waals surface area contributed by atoms with Gasteiger partial charge in [-0.2, -0.15) is 10.7 Å². The number of aromatic nitrogens is 4. The molecular weight excluding hydrogens is 391 g/mol. The monoisotopic (exact) mass is 412 g/mol. The Labute approximate surface area is 168 Å². The molecule has 2 N–H and O–H groups in total. The summed E-state index contributed by atoms with van der Waals surface area (Å²) in [4.78, 5) is 9.47. The Balaban J connectivity index is 1.80. The van der Waals surface area contributed by atoms with Gasteiger partial charge < -0.3 is 4.89 Å². The minimum atomic E-state index is -3.75. The van der Waals surface area contributed by atoms with Gasteiger partial charge in [0.15, 0.2) is 5.82 Å². The highest BCUT2D eigenvalue weighted by Crippen LogP contribution is 2.36. The Hall–Kier alpha value is -2.89. The summed E-state index contributed by atoms with van der Waals surface area (Å²) in [5.41, 5.74) is 5.78. The Morgan fingerprint density at radius 2 is 1.90 bits per heavy atom. The van der Waals surface area contributed by atoms with Gasteiger partial charge in [-0.05, 0) is 33.5 Å². The van der Waals surface area contributed by atoms with Crippen LogP contribution in [-0.2, 0) is 22.2 Å². The highest BCUT2D eigenvalue weighted by atomic mass is 31.2. The van der Waals surface area contributed by atoms with Crippen molar-refractivity contribution in [3.8, 4) is 17.2 Å². The number of hydroxylamine groups is 1. The van der Waals surface area contributed by atoms with Crippen molar-refractivity contribution >= 4 is 7.60 Å². The second-order valence-corrected chi connectivity index (χ2v) is 8.29. The van der Waals surface area contributed by atoms with E-state index in [4.69, 9.17) is 9.89 Å². The van der Waals surface area contributed by atoms with Crippen LogP contribution in [0.1, 0.15) is 23.9 Å². The van der Waals surface area contributed by atoms with Gasteiger partial charge in [-0.1, -0.05) is 54.6 Å². The third kappa shape index (κ3) is 6.04. The summed E-state index contributed by atoms with van der Waals surface area (Å²) >= 11 is 0. The van der Waals surface area contributed by atoms with Crippen LogP contribution in [0.3, 0.4) is 0 Å². The minimum absolute atomic E-state index is 0.240. The number of nitrogens with zero attached hydrogens (tertiary/aromatic N) is 5. The Morgan fingerprint density at radius 3 is 2.55 bits per heavy atom. The van der Waals surface area contributed by atoms with Gasteiger partial charge in [-0.15, -0.1) is 5.10 Å². The first-order valence-corrected chi connectivity index (χ1v) is 11.0. The lowest BCUT2D eigenvalue weighted by Crippen LogP contribution is -2.26. The van der Waals surface area contributed by atoms with Gasteiger partial charge in [-0.25, -0.2) is 9.31 Å². The van der Waals surface area contributed by atoms with E-state index < -0.39 is 13.6 Å². The number of nitrogens with one attached hydrogen (secondary N) is 1. The normalized spacial score (nSPS) is 14.1. The average molecular weight is 412 g/mol. The summed E-state index contributed by atoms with van der Waals surface area (Å²) in [6.45, 7) is 1.40. The van der Waals surface area contributed by atoms with Crippen LogP contribution in [0.4, 0.5) is 0 Å². The summed E-state index contributed by atoms with van der Waals surface area (Å²) in [7, 11) is -3.75. The molecule has 150 valence electrons. The van der Waals surface area contributed by atoms with Crippen LogP contribution in [-0.4, -0.2) is 31.8 Å². The molecule has 0 amide bonds. The second kappa shape index (κ2) is 9.54. The van der Waals surface area contributed by atoms with E-state index in [1.807, 2.05) is 60.7 Å².